The number of halogens is 1. The lowest BCUT2D eigenvalue weighted by atomic mass is 9.93. The molecule has 0 aliphatic rings. The van der Waals surface area contributed by atoms with Crippen LogP contribution in [0, 0.1) is 0 Å². The lowest BCUT2D eigenvalue weighted by molar-refractivity contribution is 0.572. The molecule has 3 aromatic heterocycles. The molecule has 5 aromatic rings. The molecule has 0 fully saturated rings. The van der Waals surface area contributed by atoms with Crippen molar-refractivity contribution in [2.45, 2.75) is 26.2 Å². The van der Waals surface area contributed by atoms with Crippen molar-refractivity contribution in [3.05, 3.63) is 65.2 Å². The Morgan fingerprint density at radius 1 is 1.03 bits per heavy atom. The maximum atomic E-state index is 4.68. The summed E-state index contributed by atoms with van der Waals surface area (Å²) in [5.41, 5.74) is 3.98. The second kappa shape index (κ2) is 7.16. The van der Waals surface area contributed by atoms with E-state index in [1.54, 1.807) is 0 Å². The summed E-state index contributed by atoms with van der Waals surface area (Å²) in [5, 5.41) is 13.0. The van der Waals surface area contributed by atoms with Crippen LogP contribution >= 0.6 is 15.9 Å². The summed E-state index contributed by atoms with van der Waals surface area (Å²) < 4.78 is 5.04. The van der Waals surface area contributed by atoms with Gasteiger partial charge in [-0.1, -0.05) is 48.8 Å². The Morgan fingerprint density at radius 3 is 2.58 bits per heavy atom. The molecule has 31 heavy (non-hydrogen) atoms. The van der Waals surface area contributed by atoms with Crippen LogP contribution in [0.15, 0.2) is 59.5 Å². The Morgan fingerprint density at radius 2 is 1.87 bits per heavy atom. The highest BCUT2D eigenvalue weighted by atomic mass is 79.9. The molecule has 0 aliphatic carbocycles. The number of nitrogens with one attached hydrogen (secondary N) is 1. The quantitative estimate of drug-likeness (QED) is 0.386. The SMILES string of the molecule is CNc1nc2nnc(-c3cccc(Br)c3)n2c2cc(-n3cnc(C(C)(C)C)c3)ccc12. The number of fused-ring (bicyclic) bond motifs is 3. The number of benzene rings is 2. The number of aromatic nitrogens is 6. The normalized spacial score (nSPS) is 12.0. The largest absolute Gasteiger partial charge is 0.372 e. The van der Waals surface area contributed by atoms with Gasteiger partial charge in [0.2, 0.25) is 0 Å². The van der Waals surface area contributed by atoms with Gasteiger partial charge in [0.05, 0.1) is 17.5 Å². The lowest BCUT2D eigenvalue weighted by Gasteiger charge is -2.14. The Bertz CT molecular complexity index is 1430. The van der Waals surface area contributed by atoms with Crippen LogP contribution in [0.4, 0.5) is 5.82 Å². The van der Waals surface area contributed by atoms with Crippen LogP contribution in [-0.2, 0) is 5.41 Å². The van der Waals surface area contributed by atoms with Crippen molar-refractivity contribution in [1.82, 2.24) is 29.1 Å². The molecule has 0 unspecified atom stereocenters. The fourth-order valence-electron chi connectivity index (χ4n) is 3.65. The molecule has 0 radical (unpaired) electrons. The summed E-state index contributed by atoms with van der Waals surface area (Å²) in [7, 11) is 1.86. The molecule has 0 aliphatic heterocycles. The van der Waals surface area contributed by atoms with Crippen molar-refractivity contribution < 1.29 is 0 Å². The predicted octanol–water partition coefficient (Wildman–Crippen LogP) is 5.23. The van der Waals surface area contributed by atoms with Crippen LogP contribution < -0.4 is 5.32 Å². The zero-order valence-electron chi connectivity index (χ0n) is 17.8. The maximum absolute atomic E-state index is 4.68. The van der Waals surface area contributed by atoms with E-state index in [1.165, 1.54) is 0 Å². The van der Waals surface area contributed by atoms with Crippen molar-refractivity contribution in [1.29, 1.82) is 0 Å². The molecule has 0 saturated heterocycles. The fourth-order valence-corrected chi connectivity index (χ4v) is 4.05. The zero-order chi connectivity index (χ0) is 21.8. The molecule has 7 nitrogen and oxygen atoms in total. The molecule has 0 atom stereocenters. The third-order valence-electron chi connectivity index (χ3n) is 5.30. The highest BCUT2D eigenvalue weighted by Crippen LogP contribution is 2.30. The predicted molar refractivity (Wildman–Crippen MR) is 127 cm³/mol. The van der Waals surface area contributed by atoms with Crippen LogP contribution in [0.25, 0.3) is 33.8 Å². The standard InChI is InChI=1S/C23H22BrN7/c1-23(2,3)19-12-30(13-26-19)16-8-9-17-18(11-16)31-21(14-6-5-7-15(24)10-14)28-29-22(31)27-20(17)25-4/h5-13H,1-4H3,(H,25,27,29). The molecule has 3 heterocycles. The molecule has 0 bridgehead atoms. The third-order valence-corrected chi connectivity index (χ3v) is 5.80. The zero-order valence-corrected chi connectivity index (χ0v) is 19.3. The lowest BCUT2D eigenvalue weighted by Crippen LogP contribution is -2.11. The van der Waals surface area contributed by atoms with E-state index in [2.05, 4.69) is 91.1 Å². The van der Waals surface area contributed by atoms with Crippen LogP contribution in [0.3, 0.4) is 0 Å². The number of rotatable bonds is 3. The van der Waals surface area contributed by atoms with Gasteiger partial charge in [0.1, 0.15) is 5.82 Å². The van der Waals surface area contributed by atoms with Crippen molar-refractivity contribution in [2.75, 3.05) is 12.4 Å². The molecule has 156 valence electrons. The summed E-state index contributed by atoms with van der Waals surface area (Å²) >= 11 is 3.55. The second-order valence-corrected chi connectivity index (χ2v) is 9.41. The first-order valence-corrected chi connectivity index (χ1v) is 10.8. The third kappa shape index (κ3) is 3.37. The summed E-state index contributed by atoms with van der Waals surface area (Å²) in [6, 6.07) is 14.3. The van der Waals surface area contributed by atoms with E-state index in [0.717, 1.165) is 44.0 Å². The average molecular weight is 476 g/mol. The molecule has 0 amide bonds. The molecular formula is C23H22BrN7. The fraction of sp³-hybridized carbons (Fsp3) is 0.217. The smallest absolute Gasteiger partial charge is 0.257 e. The number of hydrogen-bond donors (Lipinski definition) is 1. The number of imidazole rings is 1. The molecule has 1 N–H and O–H groups in total. The maximum Gasteiger partial charge on any atom is 0.257 e. The Balaban J connectivity index is 1.78. The van der Waals surface area contributed by atoms with Crippen LogP contribution in [0.1, 0.15) is 26.5 Å². The Labute approximate surface area is 188 Å². The van der Waals surface area contributed by atoms with Gasteiger partial charge in [-0.05, 0) is 30.3 Å². The highest BCUT2D eigenvalue weighted by Gasteiger charge is 2.19. The Kier molecular flexibility index (Phi) is 4.55. The van der Waals surface area contributed by atoms with Gasteiger partial charge in [0, 0.05) is 39.8 Å². The number of hydrogen-bond acceptors (Lipinski definition) is 5. The van der Waals surface area contributed by atoms with E-state index in [-0.39, 0.29) is 5.41 Å². The molecule has 2 aromatic carbocycles. The van der Waals surface area contributed by atoms with Gasteiger partial charge in [0.25, 0.3) is 5.78 Å². The van der Waals surface area contributed by atoms with Crippen molar-refractivity contribution in [3.63, 3.8) is 0 Å². The molecule has 8 heteroatoms. The van der Waals surface area contributed by atoms with E-state index >= 15 is 0 Å². The number of nitrogens with zero attached hydrogens (tertiary/aromatic N) is 6. The van der Waals surface area contributed by atoms with Gasteiger partial charge in [-0.25, -0.2) is 4.98 Å². The van der Waals surface area contributed by atoms with Crippen LogP contribution in [-0.4, -0.2) is 36.2 Å². The summed E-state index contributed by atoms with van der Waals surface area (Å²) in [6.07, 6.45) is 3.94. The first-order chi connectivity index (χ1) is 14.8. The topological polar surface area (TPSA) is 72.9 Å². The van der Waals surface area contributed by atoms with E-state index < -0.39 is 0 Å². The van der Waals surface area contributed by atoms with E-state index in [4.69, 9.17) is 0 Å². The Hall–Kier alpha value is -3.26. The summed E-state index contributed by atoms with van der Waals surface area (Å²) in [5.74, 6) is 2.06. The van der Waals surface area contributed by atoms with Gasteiger partial charge in [-0.15, -0.1) is 10.2 Å². The van der Waals surface area contributed by atoms with Gasteiger partial charge in [-0.3, -0.25) is 4.40 Å². The minimum Gasteiger partial charge on any atom is -0.372 e. The highest BCUT2D eigenvalue weighted by molar-refractivity contribution is 9.10. The average Bonchev–Trinajstić information content (AvgIpc) is 3.40. The molecule has 0 saturated carbocycles. The van der Waals surface area contributed by atoms with Gasteiger partial charge < -0.3 is 9.88 Å². The van der Waals surface area contributed by atoms with Gasteiger partial charge >= 0.3 is 0 Å². The molecular weight excluding hydrogens is 454 g/mol. The molecule has 0 spiro atoms. The van der Waals surface area contributed by atoms with Crippen LogP contribution in [0.5, 0.6) is 0 Å². The van der Waals surface area contributed by atoms with Gasteiger partial charge in [0.15, 0.2) is 5.82 Å². The van der Waals surface area contributed by atoms with E-state index in [9.17, 15) is 0 Å². The first kappa shape index (κ1) is 19.7. The second-order valence-electron chi connectivity index (χ2n) is 8.50. The minimum absolute atomic E-state index is 0.0132. The van der Waals surface area contributed by atoms with Crippen molar-refractivity contribution in [3.8, 4) is 17.1 Å². The summed E-state index contributed by atoms with van der Waals surface area (Å²) in [4.78, 5) is 9.28. The molecule has 5 rings (SSSR count). The van der Waals surface area contributed by atoms with Crippen molar-refractivity contribution >= 4 is 38.4 Å². The van der Waals surface area contributed by atoms with Crippen molar-refractivity contribution in [2.24, 2.45) is 0 Å². The monoisotopic (exact) mass is 475 g/mol. The van der Waals surface area contributed by atoms with E-state index in [1.807, 2.05) is 42.0 Å². The number of anilines is 1. The van der Waals surface area contributed by atoms with E-state index in [0.29, 0.717) is 5.78 Å². The minimum atomic E-state index is -0.0132. The summed E-state index contributed by atoms with van der Waals surface area (Å²) in [6.45, 7) is 6.49. The van der Waals surface area contributed by atoms with Crippen LogP contribution in [0.2, 0.25) is 0 Å². The first-order valence-electron chi connectivity index (χ1n) is 10.0. The van der Waals surface area contributed by atoms with Gasteiger partial charge in [-0.2, -0.15) is 4.98 Å².